The SMILES string of the molecule is CC(=O)C=C(C)O.CC(=O)C=C(C)O.CC(=O)C=C(C)O.CC(=O)C=C(C)O.CCC1=C(C)C2=CC3=NC(=CC4=NC(=CC5=NC(=CC1=N2)C(CC)=C5CC)C(CC)=C4CC)C(CC)=C3CC.C[n+]1cccc2cccc(O)c21.[Ir].[Ir].[Ir].[Ir].[Pt].[c-]1c(-c2ccccn2)sc2ccccc12.[c-]1c(-c2ccccn2)sc2ccccc12.[c-]1ccccc1-c1ccc2ccccc2n1.[c-]1ccccc1-c1nccc2ccccc12. The van der Waals surface area contributed by atoms with Gasteiger partial charge in [0.1, 0.15) is 7.05 Å². The van der Waals surface area contributed by atoms with Crippen LogP contribution in [0.3, 0.4) is 0 Å². The Morgan fingerprint density at radius 1 is 0.363 bits per heavy atom. The number of aliphatic hydroxyl groups is 4. The maximum absolute atomic E-state index is 10.0. The Kier molecular flexibility index (Phi) is 53.6. The Morgan fingerprint density at radius 2 is 0.740 bits per heavy atom. The van der Waals surface area contributed by atoms with Gasteiger partial charge in [-0.15, -0.1) is 119 Å². The van der Waals surface area contributed by atoms with Gasteiger partial charge in [-0.3, -0.25) is 24.2 Å². The number of rotatable bonds is 15. The molecule has 0 atom stereocenters. The van der Waals surface area contributed by atoms with E-state index in [-0.39, 0.29) is 148 Å². The van der Waals surface area contributed by atoms with E-state index in [0.717, 1.165) is 151 Å². The van der Waals surface area contributed by atoms with Crippen LogP contribution in [0.15, 0.2) is 414 Å². The number of allylic oxidation sites excluding steroid dienone is 20. The van der Waals surface area contributed by atoms with Crippen molar-refractivity contribution in [1.29, 1.82) is 0 Å². The molecule has 146 heavy (non-hydrogen) atoms. The standard InChI is InChI=1S/C35H42N4.2C15H10N.2C13H8NS.C10H9NO.4C5H8O2.4Ir.Pt/c1-9-21-20(8)28-16-30-22(10-2)23(11-3)32(37-30)18-34-26(14-6)27(15-7)35(39-34)19-33-25(13-5)24(12-4)31(38-33)17-29(21)36-28;1-2-7-13(8-3-1)15-14-9-5-4-6-12(14)10-11-16-15;1-2-6-12(7-3-1)15-11-10-13-8-4-5-9-14(13)16-15;2*1-2-7-12-10(5-1)9-13(15-12)11-6-3-4-8-14-11;1-11-7-3-5-8-4-2-6-9(12)10(8)11;4*1-4(6)3-5(2)7;;;;;/h16-19H,9-15H2,1-8H3;1-7,9-11H;1-6,8-11H;2*1-8H;2-7H,1H3;4*3,6H,1-2H3;;;;;/q;4*-1;;;;;;;;;;/p+1. The van der Waals surface area contributed by atoms with Crippen LogP contribution in [0.2, 0.25) is 0 Å². The van der Waals surface area contributed by atoms with Crippen molar-refractivity contribution >= 4 is 121 Å². The van der Waals surface area contributed by atoms with E-state index in [4.69, 9.17) is 40.4 Å². The van der Waals surface area contributed by atoms with Crippen LogP contribution in [0.1, 0.15) is 156 Å². The number of carbonyl (C=O) groups is 4. The molecule has 14 aromatic rings. The van der Waals surface area contributed by atoms with Crippen molar-refractivity contribution in [2.24, 2.45) is 27.0 Å². The summed E-state index contributed by atoms with van der Waals surface area (Å²) in [6.07, 6.45) is 27.6. The molecular weight excluding hydrogens is 2750 g/mol. The number of pyridine rings is 5. The largest absolute Gasteiger partial charge is 0.512 e. The second kappa shape index (κ2) is 63.1. The van der Waals surface area contributed by atoms with E-state index in [0.29, 0.717) is 5.75 Å². The molecule has 7 aromatic carbocycles. The maximum Gasteiger partial charge on any atom is 0.254 e. The van der Waals surface area contributed by atoms with E-state index >= 15 is 0 Å². The molecule has 5 aliphatic rings. The van der Waals surface area contributed by atoms with Crippen molar-refractivity contribution in [2.75, 3.05) is 0 Å². The second-order valence-corrected chi connectivity index (χ2v) is 34.9. The Morgan fingerprint density at radius 3 is 1.14 bits per heavy atom. The zero-order chi connectivity index (χ0) is 102. The summed E-state index contributed by atoms with van der Waals surface area (Å²) in [6.45, 7) is 29.2. The summed E-state index contributed by atoms with van der Waals surface area (Å²) in [4.78, 5) is 80.9. The predicted octanol–water partition coefficient (Wildman–Crippen LogP) is 29.9. The van der Waals surface area contributed by atoms with Gasteiger partial charge in [0.05, 0.1) is 79.6 Å². The molecule has 5 aliphatic heterocycles. The van der Waals surface area contributed by atoms with Crippen LogP contribution in [-0.4, -0.2) is 91.4 Å². The summed E-state index contributed by atoms with van der Waals surface area (Å²) in [5.74, 6) is 0.0793. The van der Waals surface area contributed by atoms with Gasteiger partial charge in [-0.25, -0.2) is 42.6 Å². The topological polar surface area (TPSA) is 274 Å². The van der Waals surface area contributed by atoms with Gasteiger partial charge in [0, 0.05) is 162 Å². The van der Waals surface area contributed by atoms with Crippen molar-refractivity contribution < 1.29 is 151 Å². The number of para-hydroxylation sites is 2. The van der Waals surface area contributed by atoms with Crippen molar-refractivity contribution in [3.05, 3.63) is 419 Å². The fourth-order valence-corrected chi connectivity index (χ4v) is 17.9. The van der Waals surface area contributed by atoms with Gasteiger partial charge < -0.3 is 40.5 Å². The fourth-order valence-electron chi connectivity index (χ4n) is 16.0. The molecule has 5 N–H and O–H groups in total. The molecule has 8 bridgehead atoms. The molecule has 12 heterocycles. The zero-order valence-electron chi connectivity index (χ0n) is 84.7. The molecular formula is C121H120Ir4N9O9PtS2-3. The van der Waals surface area contributed by atoms with E-state index in [2.05, 4.69) is 185 Å². The van der Waals surface area contributed by atoms with E-state index in [1.54, 1.807) is 28.7 Å². The first kappa shape index (κ1) is 124. The van der Waals surface area contributed by atoms with Crippen molar-refractivity contribution in [3.8, 4) is 49.4 Å². The first-order valence-electron chi connectivity index (χ1n) is 46.9. The summed E-state index contributed by atoms with van der Waals surface area (Å²) in [7, 11) is 1.92. The van der Waals surface area contributed by atoms with Crippen LogP contribution in [0.25, 0.3) is 96.4 Å². The van der Waals surface area contributed by atoms with Gasteiger partial charge >= 0.3 is 0 Å². The number of aromatic nitrogens is 5. The van der Waals surface area contributed by atoms with Crippen LogP contribution in [0.4, 0.5) is 0 Å². The van der Waals surface area contributed by atoms with Crippen molar-refractivity contribution in [2.45, 2.75) is 156 Å². The Hall–Kier alpha value is -12.5. The minimum atomic E-state index is -0.125. The number of phenols is 1. The average molecular weight is 2870 g/mol. The van der Waals surface area contributed by atoms with E-state index < -0.39 is 0 Å². The third kappa shape index (κ3) is 36.3. The average Bonchev–Trinajstić information content (AvgIpc) is 1.62. The number of nitrogens with zero attached hydrogens (tertiary/aromatic N) is 9. The zero-order valence-corrected chi connectivity index (χ0v) is 98.2. The van der Waals surface area contributed by atoms with Gasteiger partial charge in [-0.05, 0) is 265 Å². The number of aryl methyl sites for hydroxylation is 1. The fraction of sp³-hybridized carbons (Fsp3) is 0.198. The van der Waals surface area contributed by atoms with Gasteiger partial charge in [-0.2, -0.15) is 4.57 Å². The predicted molar refractivity (Wildman–Crippen MR) is 583 cm³/mol. The molecule has 0 fully saturated rings. The Labute approximate surface area is 934 Å². The van der Waals surface area contributed by atoms with Crippen LogP contribution < -0.4 is 4.57 Å². The number of fused-ring (bicyclic) bond motifs is 9. The smallest absolute Gasteiger partial charge is 0.254 e. The normalized spacial score (nSPS) is 13.1. The van der Waals surface area contributed by atoms with E-state index in [1.807, 2.05) is 200 Å². The number of ketones is 4. The molecule has 18 nitrogen and oxygen atoms in total. The summed E-state index contributed by atoms with van der Waals surface area (Å²) < 4.78 is 4.43. The van der Waals surface area contributed by atoms with Crippen molar-refractivity contribution in [1.82, 2.24) is 19.9 Å². The van der Waals surface area contributed by atoms with Gasteiger partial charge in [0.15, 0.2) is 35.1 Å². The minimum absolute atomic E-state index is 0. The molecule has 19 rings (SSSR count). The number of aliphatic imine (C=N–C) groups is 4. The quantitative estimate of drug-likeness (QED) is 0.0277. The molecule has 7 aromatic heterocycles. The first-order valence-corrected chi connectivity index (χ1v) is 48.6. The maximum atomic E-state index is 10.0. The summed E-state index contributed by atoms with van der Waals surface area (Å²) in [5.41, 5.74) is 26.9. The third-order valence-corrected chi connectivity index (χ3v) is 24.2. The number of thiophene rings is 2. The summed E-state index contributed by atoms with van der Waals surface area (Å²) in [6, 6.07) is 89.4. The summed E-state index contributed by atoms with van der Waals surface area (Å²) >= 11 is 3.46. The third-order valence-electron chi connectivity index (χ3n) is 22.0. The molecule has 0 spiro atoms. The number of benzene rings is 7. The second-order valence-electron chi connectivity index (χ2n) is 32.8. The molecule has 4 radical (unpaired) electrons. The molecule has 0 amide bonds. The van der Waals surface area contributed by atoms with Gasteiger partial charge in [-0.1, -0.05) is 158 Å². The Balaban J connectivity index is 0.000000302. The molecule has 764 valence electrons. The molecule has 0 saturated heterocycles. The number of carbonyl (C=O) groups excluding carboxylic acids is 4. The van der Waals surface area contributed by atoms with Crippen LogP contribution >= 0.6 is 22.7 Å². The van der Waals surface area contributed by atoms with E-state index in [9.17, 15) is 24.3 Å². The van der Waals surface area contributed by atoms with Crippen LogP contribution in [0, 0.1) is 24.3 Å². The molecule has 0 saturated carbocycles. The summed E-state index contributed by atoms with van der Waals surface area (Å²) in [5, 5.41) is 49.9. The van der Waals surface area contributed by atoms with E-state index in [1.165, 1.54) is 161 Å². The monoisotopic (exact) mass is 2870 g/mol. The van der Waals surface area contributed by atoms with Crippen LogP contribution in [-0.2, 0) is 128 Å². The van der Waals surface area contributed by atoms with Crippen molar-refractivity contribution in [3.63, 3.8) is 0 Å². The number of aromatic hydroxyl groups is 1. The minimum Gasteiger partial charge on any atom is -0.512 e. The first-order chi connectivity index (χ1) is 68.0. The number of hydrogen-bond acceptors (Lipinski definition) is 19. The number of phenolic OH excluding ortho intramolecular Hbond substituents is 1. The number of hydrogen-bond donors (Lipinski definition) is 5. The molecule has 0 unspecified atom stereocenters. The van der Waals surface area contributed by atoms with Crippen LogP contribution in [0.5, 0.6) is 5.75 Å². The van der Waals surface area contributed by atoms with Gasteiger partial charge in [0.25, 0.3) is 5.52 Å². The van der Waals surface area contributed by atoms with Gasteiger partial charge in [0.2, 0.25) is 0 Å². The molecule has 25 heteroatoms. The number of aliphatic hydroxyl groups excluding tert-OH is 4. The Bertz CT molecular complexity index is 7060. The molecule has 0 aliphatic carbocycles.